The molecule has 0 aliphatic carbocycles. The molecule has 1 heterocycles. The Hall–Kier alpha value is -1.78. The van der Waals surface area contributed by atoms with Crippen LogP contribution >= 0.6 is 27.5 Å². The largest absolute Gasteiger partial charge is 0.228 e. The molecule has 2 aromatic carbocycles. The van der Waals surface area contributed by atoms with E-state index in [0.717, 1.165) is 10.0 Å². The van der Waals surface area contributed by atoms with Crippen LogP contribution in [0.25, 0.3) is 22.6 Å². The third-order valence-corrected chi connectivity index (χ3v) is 3.62. The van der Waals surface area contributed by atoms with Gasteiger partial charge in [-0.25, -0.2) is 14.4 Å². The molecule has 0 unspecified atom stereocenters. The number of halogens is 3. The summed E-state index contributed by atoms with van der Waals surface area (Å²) >= 11 is 9.39. The molecule has 3 rings (SSSR count). The van der Waals surface area contributed by atoms with E-state index in [1.165, 1.54) is 6.07 Å². The van der Waals surface area contributed by atoms with Gasteiger partial charge in [-0.3, -0.25) is 0 Å². The standard InChI is InChI=1S/C16H9BrClFN2/c17-11-6-7-13(19)12(8-11)14-9-15(18)21-16(20-14)10-4-2-1-3-5-10/h1-9H. The fraction of sp³-hybridized carbons (Fsp3) is 0. The SMILES string of the molecule is Fc1ccc(Br)cc1-c1cc(Cl)nc(-c2ccccc2)n1. The number of hydrogen-bond donors (Lipinski definition) is 0. The first-order chi connectivity index (χ1) is 10.1. The average Bonchev–Trinajstić information content (AvgIpc) is 2.50. The summed E-state index contributed by atoms with van der Waals surface area (Å²) < 4.78 is 14.8. The second kappa shape index (κ2) is 5.92. The monoisotopic (exact) mass is 362 g/mol. The van der Waals surface area contributed by atoms with Gasteiger partial charge in [0.25, 0.3) is 0 Å². The van der Waals surface area contributed by atoms with Crippen LogP contribution in [-0.4, -0.2) is 9.97 Å². The molecule has 3 aromatic rings. The van der Waals surface area contributed by atoms with Gasteiger partial charge in [0, 0.05) is 21.7 Å². The average molecular weight is 364 g/mol. The van der Waals surface area contributed by atoms with Crippen LogP contribution in [0.3, 0.4) is 0 Å². The predicted octanol–water partition coefficient (Wildman–Crippen LogP) is 5.37. The van der Waals surface area contributed by atoms with E-state index in [2.05, 4.69) is 25.9 Å². The lowest BCUT2D eigenvalue weighted by molar-refractivity contribution is 0.630. The van der Waals surface area contributed by atoms with E-state index < -0.39 is 0 Å². The zero-order valence-corrected chi connectivity index (χ0v) is 13.1. The van der Waals surface area contributed by atoms with Gasteiger partial charge in [-0.05, 0) is 18.2 Å². The zero-order chi connectivity index (χ0) is 14.8. The molecule has 0 aliphatic heterocycles. The lowest BCUT2D eigenvalue weighted by atomic mass is 10.1. The summed E-state index contributed by atoms with van der Waals surface area (Å²) in [6.07, 6.45) is 0. The number of hydrogen-bond acceptors (Lipinski definition) is 2. The van der Waals surface area contributed by atoms with Gasteiger partial charge >= 0.3 is 0 Å². The Morgan fingerprint density at radius 3 is 2.48 bits per heavy atom. The van der Waals surface area contributed by atoms with Crippen molar-refractivity contribution in [2.75, 3.05) is 0 Å². The smallest absolute Gasteiger partial charge is 0.161 e. The molecule has 104 valence electrons. The van der Waals surface area contributed by atoms with Gasteiger partial charge in [-0.2, -0.15) is 0 Å². The number of nitrogens with zero attached hydrogens (tertiary/aromatic N) is 2. The lowest BCUT2D eigenvalue weighted by Gasteiger charge is -2.07. The zero-order valence-electron chi connectivity index (χ0n) is 10.7. The Morgan fingerprint density at radius 2 is 1.71 bits per heavy atom. The molecular weight excluding hydrogens is 355 g/mol. The maximum absolute atomic E-state index is 14.0. The molecule has 0 fully saturated rings. The van der Waals surface area contributed by atoms with Crippen LogP contribution in [0.2, 0.25) is 5.15 Å². The van der Waals surface area contributed by atoms with E-state index in [1.807, 2.05) is 30.3 Å². The number of benzene rings is 2. The summed E-state index contributed by atoms with van der Waals surface area (Å²) in [6.45, 7) is 0. The van der Waals surface area contributed by atoms with Gasteiger partial charge < -0.3 is 0 Å². The van der Waals surface area contributed by atoms with Crippen LogP contribution in [0.15, 0.2) is 59.1 Å². The Bertz CT molecular complexity index is 794. The molecule has 0 aliphatic rings. The van der Waals surface area contributed by atoms with Crippen LogP contribution in [-0.2, 0) is 0 Å². The maximum Gasteiger partial charge on any atom is 0.161 e. The Kier molecular flexibility index (Phi) is 3.99. The molecule has 0 amide bonds. The van der Waals surface area contributed by atoms with Gasteiger partial charge in [-0.1, -0.05) is 57.9 Å². The first kappa shape index (κ1) is 14.2. The van der Waals surface area contributed by atoms with Gasteiger partial charge in [0.1, 0.15) is 11.0 Å². The Labute approximate surface area is 134 Å². The Morgan fingerprint density at radius 1 is 0.952 bits per heavy atom. The van der Waals surface area contributed by atoms with E-state index in [9.17, 15) is 4.39 Å². The molecule has 21 heavy (non-hydrogen) atoms. The minimum atomic E-state index is -0.355. The van der Waals surface area contributed by atoms with Crippen molar-refractivity contribution in [1.82, 2.24) is 9.97 Å². The van der Waals surface area contributed by atoms with Crippen LogP contribution in [0.4, 0.5) is 4.39 Å². The summed E-state index contributed by atoms with van der Waals surface area (Å²) in [4.78, 5) is 8.62. The minimum Gasteiger partial charge on any atom is -0.228 e. The van der Waals surface area contributed by atoms with Gasteiger partial charge in [0.15, 0.2) is 5.82 Å². The molecule has 0 atom stereocenters. The van der Waals surface area contributed by atoms with E-state index in [4.69, 9.17) is 11.6 Å². The first-order valence-corrected chi connectivity index (χ1v) is 7.36. The quantitative estimate of drug-likeness (QED) is 0.572. The minimum absolute atomic E-state index is 0.276. The van der Waals surface area contributed by atoms with Crippen molar-refractivity contribution >= 4 is 27.5 Å². The summed E-state index contributed by atoms with van der Waals surface area (Å²) in [6, 6.07) is 15.7. The molecule has 1 aromatic heterocycles. The lowest BCUT2D eigenvalue weighted by Crippen LogP contribution is -1.94. The molecule has 0 bridgehead atoms. The van der Waals surface area contributed by atoms with Crippen molar-refractivity contribution in [1.29, 1.82) is 0 Å². The molecular formula is C16H9BrClFN2. The van der Waals surface area contributed by atoms with Crippen molar-refractivity contribution in [3.63, 3.8) is 0 Å². The Balaban J connectivity index is 2.16. The summed E-state index contributed by atoms with van der Waals surface area (Å²) in [7, 11) is 0. The van der Waals surface area contributed by atoms with Crippen molar-refractivity contribution in [3.8, 4) is 22.6 Å². The van der Waals surface area contributed by atoms with E-state index in [1.54, 1.807) is 18.2 Å². The topological polar surface area (TPSA) is 25.8 Å². The predicted molar refractivity (Wildman–Crippen MR) is 85.6 cm³/mol. The highest BCUT2D eigenvalue weighted by molar-refractivity contribution is 9.10. The van der Waals surface area contributed by atoms with Crippen molar-refractivity contribution < 1.29 is 4.39 Å². The van der Waals surface area contributed by atoms with Crippen LogP contribution in [0, 0.1) is 5.82 Å². The number of aromatic nitrogens is 2. The molecule has 0 N–H and O–H groups in total. The highest BCUT2D eigenvalue weighted by atomic mass is 79.9. The van der Waals surface area contributed by atoms with Crippen LogP contribution in [0.1, 0.15) is 0 Å². The maximum atomic E-state index is 14.0. The van der Waals surface area contributed by atoms with Gasteiger partial charge in [-0.15, -0.1) is 0 Å². The first-order valence-electron chi connectivity index (χ1n) is 6.19. The normalized spacial score (nSPS) is 10.6. The van der Waals surface area contributed by atoms with Crippen LogP contribution in [0.5, 0.6) is 0 Å². The van der Waals surface area contributed by atoms with E-state index in [0.29, 0.717) is 17.1 Å². The molecule has 0 spiro atoms. The second-order valence-electron chi connectivity index (χ2n) is 4.39. The third kappa shape index (κ3) is 3.12. The van der Waals surface area contributed by atoms with Crippen molar-refractivity contribution in [3.05, 3.63) is 70.0 Å². The van der Waals surface area contributed by atoms with E-state index >= 15 is 0 Å². The second-order valence-corrected chi connectivity index (χ2v) is 5.69. The van der Waals surface area contributed by atoms with Crippen molar-refractivity contribution in [2.45, 2.75) is 0 Å². The van der Waals surface area contributed by atoms with Gasteiger partial charge in [0.2, 0.25) is 0 Å². The third-order valence-electron chi connectivity index (χ3n) is 2.93. The molecule has 5 heteroatoms. The van der Waals surface area contributed by atoms with Gasteiger partial charge in [0.05, 0.1) is 5.69 Å². The fourth-order valence-electron chi connectivity index (χ4n) is 1.97. The molecule has 2 nitrogen and oxygen atoms in total. The highest BCUT2D eigenvalue weighted by Crippen LogP contribution is 2.28. The summed E-state index contributed by atoms with van der Waals surface area (Å²) in [5.41, 5.74) is 1.66. The summed E-state index contributed by atoms with van der Waals surface area (Å²) in [5.74, 6) is 0.115. The summed E-state index contributed by atoms with van der Waals surface area (Å²) in [5, 5.41) is 0.276. The molecule has 0 saturated carbocycles. The highest BCUT2D eigenvalue weighted by Gasteiger charge is 2.11. The molecule has 0 radical (unpaired) electrons. The fourth-order valence-corrected chi connectivity index (χ4v) is 2.51. The van der Waals surface area contributed by atoms with E-state index in [-0.39, 0.29) is 11.0 Å². The van der Waals surface area contributed by atoms with Crippen LogP contribution < -0.4 is 0 Å². The number of rotatable bonds is 2. The van der Waals surface area contributed by atoms with Crippen molar-refractivity contribution in [2.24, 2.45) is 0 Å². The molecule has 0 saturated heterocycles.